The van der Waals surface area contributed by atoms with Crippen LogP contribution in [0.3, 0.4) is 0 Å². The summed E-state index contributed by atoms with van der Waals surface area (Å²) >= 11 is 0. The van der Waals surface area contributed by atoms with Gasteiger partial charge >= 0.3 is 0 Å². The Hall–Kier alpha value is -1.59. The van der Waals surface area contributed by atoms with Gasteiger partial charge in [-0.25, -0.2) is 0 Å². The number of rotatable bonds is 4. The molecule has 0 bridgehead atoms. The normalized spacial score (nSPS) is 12.0. The van der Waals surface area contributed by atoms with Crippen molar-refractivity contribution in [1.29, 1.82) is 0 Å². The summed E-state index contributed by atoms with van der Waals surface area (Å²) < 4.78 is 5.13. The minimum Gasteiger partial charge on any atom is -0.495 e. The number of anilines is 1. The molecule has 0 radical (unpaired) electrons. The molecule has 5 nitrogen and oxygen atoms in total. The second kappa shape index (κ2) is 5.48. The van der Waals surface area contributed by atoms with Crippen molar-refractivity contribution in [1.82, 2.24) is 0 Å². The Morgan fingerprint density at radius 1 is 1.56 bits per heavy atom. The molecule has 1 amide bonds. The van der Waals surface area contributed by atoms with Crippen LogP contribution in [-0.4, -0.2) is 37.8 Å². The Morgan fingerprint density at radius 2 is 2.19 bits per heavy atom. The van der Waals surface area contributed by atoms with E-state index in [2.05, 4.69) is 0 Å². The van der Waals surface area contributed by atoms with Crippen LogP contribution in [0.15, 0.2) is 24.3 Å². The maximum atomic E-state index is 11.7. The van der Waals surface area contributed by atoms with Gasteiger partial charge < -0.3 is 20.5 Å². The number of aliphatic hydroxyl groups is 1. The van der Waals surface area contributed by atoms with Crippen molar-refractivity contribution < 1.29 is 14.6 Å². The number of carbonyl (C=O) groups excluding carboxylic acids is 1. The van der Waals surface area contributed by atoms with Gasteiger partial charge in [0.1, 0.15) is 11.8 Å². The Labute approximate surface area is 94.4 Å². The third-order valence-corrected chi connectivity index (χ3v) is 2.29. The average molecular weight is 224 g/mol. The molecule has 1 rings (SSSR count). The first-order valence-electron chi connectivity index (χ1n) is 4.88. The van der Waals surface area contributed by atoms with E-state index in [1.807, 2.05) is 6.07 Å². The highest BCUT2D eigenvalue weighted by Gasteiger charge is 2.20. The lowest BCUT2D eigenvalue weighted by Gasteiger charge is -2.22. The van der Waals surface area contributed by atoms with Gasteiger partial charge in [-0.15, -0.1) is 0 Å². The van der Waals surface area contributed by atoms with Crippen molar-refractivity contribution in [3.05, 3.63) is 24.3 Å². The highest BCUT2D eigenvalue weighted by molar-refractivity contribution is 5.97. The van der Waals surface area contributed by atoms with Crippen LogP contribution in [0.1, 0.15) is 0 Å². The number of likely N-dealkylation sites (N-methyl/N-ethyl adjacent to an activating group) is 1. The van der Waals surface area contributed by atoms with E-state index in [-0.39, 0.29) is 12.5 Å². The molecule has 1 aromatic rings. The van der Waals surface area contributed by atoms with Crippen molar-refractivity contribution in [2.45, 2.75) is 6.04 Å². The first-order valence-corrected chi connectivity index (χ1v) is 4.88. The SMILES string of the molecule is COc1ccccc1N(C)C(=O)C(N)CO. The molecule has 1 atom stereocenters. The third-order valence-electron chi connectivity index (χ3n) is 2.29. The minimum absolute atomic E-state index is 0.355. The smallest absolute Gasteiger partial charge is 0.246 e. The molecule has 16 heavy (non-hydrogen) atoms. The number of nitrogens with two attached hydrogens (primary N) is 1. The van der Waals surface area contributed by atoms with Crippen LogP contribution in [0, 0.1) is 0 Å². The number of nitrogens with zero attached hydrogens (tertiary/aromatic N) is 1. The maximum absolute atomic E-state index is 11.7. The highest BCUT2D eigenvalue weighted by Crippen LogP contribution is 2.26. The molecule has 0 heterocycles. The number of para-hydroxylation sites is 2. The van der Waals surface area contributed by atoms with Crippen LogP contribution in [-0.2, 0) is 4.79 Å². The van der Waals surface area contributed by atoms with E-state index in [0.717, 1.165) is 0 Å². The summed E-state index contributed by atoms with van der Waals surface area (Å²) in [5.74, 6) is 0.232. The molecule has 0 fully saturated rings. The Balaban J connectivity index is 2.95. The van der Waals surface area contributed by atoms with Crippen molar-refractivity contribution in [3.8, 4) is 5.75 Å². The molecular weight excluding hydrogens is 208 g/mol. The van der Waals surface area contributed by atoms with Crippen LogP contribution in [0.5, 0.6) is 5.75 Å². The topological polar surface area (TPSA) is 75.8 Å². The minimum atomic E-state index is -0.907. The van der Waals surface area contributed by atoms with Crippen molar-refractivity contribution in [2.75, 3.05) is 25.7 Å². The van der Waals surface area contributed by atoms with Crippen LogP contribution >= 0.6 is 0 Å². The molecule has 5 heteroatoms. The molecule has 0 saturated heterocycles. The van der Waals surface area contributed by atoms with Gasteiger partial charge in [-0.1, -0.05) is 12.1 Å². The summed E-state index contributed by atoms with van der Waals surface area (Å²) in [4.78, 5) is 13.1. The van der Waals surface area contributed by atoms with Crippen LogP contribution in [0.4, 0.5) is 5.69 Å². The monoisotopic (exact) mass is 224 g/mol. The zero-order valence-electron chi connectivity index (χ0n) is 9.38. The van der Waals surface area contributed by atoms with Crippen molar-refractivity contribution in [2.24, 2.45) is 5.73 Å². The van der Waals surface area contributed by atoms with Crippen molar-refractivity contribution >= 4 is 11.6 Å². The number of amides is 1. The molecule has 88 valence electrons. The molecule has 0 aliphatic heterocycles. The number of aliphatic hydroxyl groups excluding tert-OH is 1. The van der Waals surface area contributed by atoms with E-state index in [4.69, 9.17) is 15.6 Å². The zero-order valence-corrected chi connectivity index (χ0v) is 9.38. The summed E-state index contributed by atoms with van der Waals surface area (Å²) in [5.41, 5.74) is 6.09. The summed E-state index contributed by atoms with van der Waals surface area (Å²) in [7, 11) is 3.12. The van der Waals surface area contributed by atoms with Gasteiger partial charge in [0.05, 0.1) is 19.4 Å². The zero-order chi connectivity index (χ0) is 12.1. The molecular formula is C11H16N2O3. The number of ether oxygens (including phenoxy) is 1. The lowest BCUT2D eigenvalue weighted by atomic mass is 10.2. The second-order valence-electron chi connectivity index (χ2n) is 3.36. The number of hydrogen-bond acceptors (Lipinski definition) is 4. The Morgan fingerprint density at radius 3 is 2.75 bits per heavy atom. The number of hydrogen-bond donors (Lipinski definition) is 2. The lowest BCUT2D eigenvalue weighted by Crippen LogP contribution is -2.44. The van der Waals surface area contributed by atoms with E-state index >= 15 is 0 Å². The fraction of sp³-hybridized carbons (Fsp3) is 0.364. The number of methoxy groups -OCH3 is 1. The molecule has 0 aliphatic carbocycles. The molecule has 1 unspecified atom stereocenters. The predicted molar refractivity (Wildman–Crippen MR) is 61.5 cm³/mol. The number of benzene rings is 1. The lowest BCUT2D eigenvalue weighted by molar-refractivity contribution is -0.120. The Kier molecular flexibility index (Phi) is 4.28. The first-order chi connectivity index (χ1) is 7.61. The first kappa shape index (κ1) is 12.5. The average Bonchev–Trinajstić information content (AvgIpc) is 2.35. The van der Waals surface area contributed by atoms with Gasteiger partial charge in [-0.2, -0.15) is 0 Å². The maximum Gasteiger partial charge on any atom is 0.246 e. The van der Waals surface area contributed by atoms with E-state index in [1.54, 1.807) is 25.2 Å². The third kappa shape index (κ3) is 2.50. The van der Waals surface area contributed by atoms with E-state index in [0.29, 0.717) is 11.4 Å². The summed E-state index contributed by atoms with van der Waals surface area (Å²) in [6.45, 7) is -0.377. The molecule has 1 aromatic carbocycles. The highest BCUT2D eigenvalue weighted by atomic mass is 16.5. The van der Waals surface area contributed by atoms with Gasteiger partial charge in [-0.05, 0) is 12.1 Å². The van der Waals surface area contributed by atoms with Gasteiger partial charge in [0, 0.05) is 7.05 Å². The van der Waals surface area contributed by atoms with Crippen LogP contribution < -0.4 is 15.4 Å². The molecule has 0 aliphatic rings. The quantitative estimate of drug-likeness (QED) is 0.753. The standard InChI is InChI=1S/C11H16N2O3/c1-13(11(15)8(12)7-14)9-5-3-4-6-10(9)16-2/h3-6,8,14H,7,12H2,1-2H3. The fourth-order valence-corrected chi connectivity index (χ4v) is 1.35. The van der Waals surface area contributed by atoms with E-state index < -0.39 is 6.04 Å². The molecule has 0 spiro atoms. The van der Waals surface area contributed by atoms with E-state index in [1.165, 1.54) is 12.0 Å². The molecule has 3 N–H and O–H groups in total. The Bertz CT molecular complexity index is 368. The summed E-state index contributed by atoms with van der Waals surface area (Å²) in [5, 5.41) is 8.82. The van der Waals surface area contributed by atoms with Gasteiger partial charge in [0.25, 0.3) is 0 Å². The number of carbonyl (C=O) groups is 1. The van der Waals surface area contributed by atoms with Gasteiger partial charge in [-0.3, -0.25) is 4.79 Å². The summed E-state index contributed by atoms with van der Waals surface area (Å²) in [6.07, 6.45) is 0. The van der Waals surface area contributed by atoms with Crippen LogP contribution in [0.25, 0.3) is 0 Å². The predicted octanol–water partition coefficient (Wildman–Crippen LogP) is -0.0224. The van der Waals surface area contributed by atoms with Crippen molar-refractivity contribution in [3.63, 3.8) is 0 Å². The second-order valence-corrected chi connectivity index (χ2v) is 3.36. The molecule has 0 aromatic heterocycles. The molecule has 0 saturated carbocycles. The van der Waals surface area contributed by atoms with Gasteiger partial charge in [0.15, 0.2) is 0 Å². The van der Waals surface area contributed by atoms with Crippen LogP contribution in [0.2, 0.25) is 0 Å². The summed E-state index contributed by atoms with van der Waals surface area (Å²) in [6, 6.07) is 6.21. The fourth-order valence-electron chi connectivity index (χ4n) is 1.35. The van der Waals surface area contributed by atoms with Gasteiger partial charge in [0.2, 0.25) is 5.91 Å². The largest absolute Gasteiger partial charge is 0.495 e. The van der Waals surface area contributed by atoms with E-state index in [9.17, 15) is 4.79 Å².